The molecule has 3 aromatic rings. The highest BCUT2D eigenvalue weighted by atomic mass is 35.5. The van der Waals surface area contributed by atoms with Crippen molar-refractivity contribution in [2.45, 2.75) is 33.2 Å². The lowest BCUT2D eigenvalue weighted by molar-refractivity contribution is 0.0598. The van der Waals surface area contributed by atoms with Gasteiger partial charge in [0.15, 0.2) is 0 Å². The molecule has 0 atom stereocenters. The lowest BCUT2D eigenvalue weighted by atomic mass is 10.0. The summed E-state index contributed by atoms with van der Waals surface area (Å²) in [5.41, 5.74) is 2.44. The summed E-state index contributed by atoms with van der Waals surface area (Å²) in [6, 6.07) is 8.93. The van der Waals surface area contributed by atoms with Crippen LogP contribution in [0.1, 0.15) is 57.7 Å². The Kier molecular flexibility index (Phi) is 6.31. The van der Waals surface area contributed by atoms with Crippen LogP contribution in [0.15, 0.2) is 40.9 Å². The summed E-state index contributed by atoms with van der Waals surface area (Å²) < 4.78 is 12.1. The quantitative estimate of drug-likeness (QED) is 0.535. The van der Waals surface area contributed by atoms with Gasteiger partial charge < -0.3 is 14.1 Å². The number of aryl methyl sites for hydroxylation is 1. The SMILES string of the molecule is COC(=O)c1cc(CN(C)C(=O)c2cnn(-c3cccc(Cl)c3)c2C(C)C)oc1C. The van der Waals surface area contributed by atoms with E-state index in [1.807, 2.05) is 26.0 Å². The van der Waals surface area contributed by atoms with Gasteiger partial charge in [-0.25, -0.2) is 9.48 Å². The lowest BCUT2D eigenvalue weighted by Gasteiger charge is -2.18. The Morgan fingerprint density at radius 2 is 2.00 bits per heavy atom. The molecule has 7 nitrogen and oxygen atoms in total. The van der Waals surface area contributed by atoms with Crippen LogP contribution in [-0.4, -0.2) is 40.7 Å². The summed E-state index contributed by atoms with van der Waals surface area (Å²) in [5, 5.41) is 5.03. The van der Waals surface area contributed by atoms with E-state index in [-0.39, 0.29) is 18.4 Å². The molecule has 2 heterocycles. The van der Waals surface area contributed by atoms with Crippen LogP contribution in [0.3, 0.4) is 0 Å². The van der Waals surface area contributed by atoms with E-state index in [2.05, 4.69) is 5.10 Å². The smallest absolute Gasteiger partial charge is 0.341 e. The third kappa shape index (κ3) is 4.26. The number of esters is 1. The van der Waals surface area contributed by atoms with Gasteiger partial charge in [0, 0.05) is 12.1 Å². The number of amides is 1. The number of carbonyl (C=O) groups is 2. The molecule has 0 bridgehead atoms. The molecule has 0 radical (unpaired) electrons. The molecule has 0 spiro atoms. The fourth-order valence-corrected chi connectivity index (χ4v) is 3.52. The average Bonchev–Trinajstić information content (AvgIpc) is 3.30. The molecule has 1 amide bonds. The first kappa shape index (κ1) is 21.6. The van der Waals surface area contributed by atoms with Crippen LogP contribution in [0.2, 0.25) is 5.02 Å². The largest absolute Gasteiger partial charge is 0.465 e. The number of halogens is 1. The van der Waals surface area contributed by atoms with Gasteiger partial charge in [-0.15, -0.1) is 0 Å². The first-order chi connectivity index (χ1) is 14.2. The van der Waals surface area contributed by atoms with Crippen molar-refractivity contribution in [1.82, 2.24) is 14.7 Å². The predicted molar refractivity (Wildman–Crippen MR) is 113 cm³/mol. The molecule has 0 N–H and O–H groups in total. The van der Waals surface area contributed by atoms with Crippen LogP contribution in [0.5, 0.6) is 0 Å². The Bertz CT molecular complexity index is 1080. The fraction of sp³-hybridized carbons (Fsp3) is 0.318. The normalized spacial score (nSPS) is 11.0. The van der Waals surface area contributed by atoms with Gasteiger partial charge in [0.25, 0.3) is 5.91 Å². The molecule has 0 aliphatic rings. The number of benzene rings is 1. The highest BCUT2D eigenvalue weighted by molar-refractivity contribution is 6.30. The Morgan fingerprint density at radius 1 is 1.27 bits per heavy atom. The fourth-order valence-electron chi connectivity index (χ4n) is 3.34. The summed E-state index contributed by atoms with van der Waals surface area (Å²) in [4.78, 5) is 26.5. The molecular weight excluding hydrogens is 406 g/mol. The molecule has 30 heavy (non-hydrogen) atoms. The molecule has 0 saturated heterocycles. The van der Waals surface area contributed by atoms with E-state index in [0.717, 1.165) is 11.4 Å². The van der Waals surface area contributed by atoms with Crippen molar-refractivity contribution in [3.8, 4) is 5.69 Å². The van der Waals surface area contributed by atoms with Gasteiger partial charge in [-0.2, -0.15) is 5.10 Å². The van der Waals surface area contributed by atoms with Crippen LogP contribution >= 0.6 is 11.6 Å². The van der Waals surface area contributed by atoms with Gasteiger partial charge in [0.2, 0.25) is 0 Å². The molecule has 158 valence electrons. The van der Waals surface area contributed by atoms with Gasteiger partial charge in [-0.05, 0) is 37.1 Å². The molecule has 0 unspecified atom stereocenters. The zero-order valence-corrected chi connectivity index (χ0v) is 18.4. The molecular formula is C22H24ClN3O4. The number of rotatable bonds is 6. The number of furan rings is 1. The molecule has 0 aliphatic carbocycles. The van der Waals surface area contributed by atoms with Gasteiger partial charge in [-0.3, -0.25) is 4.79 Å². The molecule has 0 aliphatic heterocycles. The number of nitrogens with zero attached hydrogens (tertiary/aromatic N) is 3. The number of methoxy groups -OCH3 is 1. The second-order valence-corrected chi connectivity index (χ2v) is 7.76. The van der Waals surface area contributed by atoms with Crippen molar-refractivity contribution in [3.05, 3.63) is 69.9 Å². The summed E-state index contributed by atoms with van der Waals surface area (Å²) in [7, 11) is 2.99. The standard InChI is InChI=1S/C22H24ClN3O4/c1-13(2)20-19(11-24-26(20)16-8-6-7-15(23)9-16)21(27)25(4)12-17-10-18(14(3)30-17)22(28)29-5/h6-11,13H,12H2,1-5H3. The minimum atomic E-state index is -0.471. The first-order valence-electron chi connectivity index (χ1n) is 9.49. The van der Waals surface area contributed by atoms with Crippen molar-refractivity contribution < 1.29 is 18.7 Å². The monoisotopic (exact) mass is 429 g/mol. The molecule has 1 aromatic carbocycles. The minimum absolute atomic E-state index is 0.0515. The summed E-state index contributed by atoms with van der Waals surface area (Å²) in [6.07, 6.45) is 1.57. The second kappa shape index (κ2) is 8.75. The van der Waals surface area contributed by atoms with Crippen LogP contribution in [0, 0.1) is 6.92 Å². The summed E-state index contributed by atoms with van der Waals surface area (Å²) in [6.45, 7) is 5.90. The molecule has 3 rings (SSSR count). The summed E-state index contributed by atoms with van der Waals surface area (Å²) in [5.74, 6) is 0.337. The Hall–Kier alpha value is -3.06. The maximum Gasteiger partial charge on any atom is 0.341 e. The first-order valence-corrected chi connectivity index (χ1v) is 9.87. The minimum Gasteiger partial charge on any atom is -0.465 e. The van der Waals surface area contributed by atoms with Crippen LogP contribution in [-0.2, 0) is 11.3 Å². The highest BCUT2D eigenvalue weighted by Gasteiger charge is 2.25. The Morgan fingerprint density at radius 3 is 2.63 bits per heavy atom. The van der Waals surface area contributed by atoms with E-state index < -0.39 is 5.97 Å². The Labute approximate surface area is 180 Å². The third-order valence-electron chi connectivity index (χ3n) is 4.75. The molecule has 2 aromatic heterocycles. The number of hydrogen-bond acceptors (Lipinski definition) is 5. The topological polar surface area (TPSA) is 77.6 Å². The zero-order valence-electron chi connectivity index (χ0n) is 17.6. The van der Waals surface area contributed by atoms with Gasteiger partial charge in [0.1, 0.15) is 17.1 Å². The van der Waals surface area contributed by atoms with E-state index in [9.17, 15) is 9.59 Å². The average molecular weight is 430 g/mol. The van der Waals surface area contributed by atoms with E-state index in [1.54, 1.807) is 43.0 Å². The second-order valence-electron chi connectivity index (χ2n) is 7.33. The number of ether oxygens (including phenoxy) is 1. The zero-order chi connectivity index (χ0) is 22.0. The van der Waals surface area contributed by atoms with E-state index in [0.29, 0.717) is 27.7 Å². The molecule has 8 heteroatoms. The third-order valence-corrected chi connectivity index (χ3v) is 4.99. The van der Waals surface area contributed by atoms with Gasteiger partial charge in [0.05, 0.1) is 36.8 Å². The van der Waals surface area contributed by atoms with Crippen molar-refractivity contribution in [3.63, 3.8) is 0 Å². The maximum atomic E-state index is 13.2. The van der Waals surface area contributed by atoms with Crippen LogP contribution in [0.4, 0.5) is 0 Å². The van der Waals surface area contributed by atoms with E-state index in [1.165, 1.54) is 12.0 Å². The number of hydrogen-bond donors (Lipinski definition) is 0. The van der Waals surface area contributed by atoms with Gasteiger partial charge >= 0.3 is 5.97 Å². The lowest BCUT2D eigenvalue weighted by Crippen LogP contribution is -2.27. The van der Waals surface area contributed by atoms with Crippen LogP contribution < -0.4 is 0 Å². The highest BCUT2D eigenvalue weighted by Crippen LogP contribution is 2.26. The number of carbonyl (C=O) groups excluding carboxylic acids is 2. The Balaban J connectivity index is 1.89. The van der Waals surface area contributed by atoms with Crippen molar-refractivity contribution in [2.24, 2.45) is 0 Å². The van der Waals surface area contributed by atoms with E-state index in [4.69, 9.17) is 20.8 Å². The van der Waals surface area contributed by atoms with Gasteiger partial charge in [-0.1, -0.05) is 31.5 Å². The van der Waals surface area contributed by atoms with E-state index >= 15 is 0 Å². The summed E-state index contributed by atoms with van der Waals surface area (Å²) >= 11 is 6.12. The van der Waals surface area contributed by atoms with Crippen molar-refractivity contribution >= 4 is 23.5 Å². The number of aromatic nitrogens is 2. The predicted octanol–water partition coefficient (Wildman–Crippen LogP) is 4.61. The van der Waals surface area contributed by atoms with Crippen LogP contribution in [0.25, 0.3) is 5.69 Å². The molecule has 0 fully saturated rings. The maximum absolute atomic E-state index is 13.2. The van der Waals surface area contributed by atoms with Crippen molar-refractivity contribution in [1.29, 1.82) is 0 Å². The molecule has 0 saturated carbocycles. The van der Waals surface area contributed by atoms with Crippen molar-refractivity contribution in [2.75, 3.05) is 14.2 Å².